The molecule has 0 radical (unpaired) electrons. The number of hydrogen-bond acceptors (Lipinski definition) is 5. The Balaban J connectivity index is 1.43. The van der Waals surface area contributed by atoms with Gasteiger partial charge in [0, 0.05) is 25.7 Å². The minimum absolute atomic E-state index is 0.000751. The van der Waals surface area contributed by atoms with Crippen LogP contribution in [0.5, 0.6) is 0 Å². The number of nitrogens with one attached hydrogen (secondary N) is 1. The van der Waals surface area contributed by atoms with Crippen LogP contribution in [0.25, 0.3) is 0 Å². The van der Waals surface area contributed by atoms with E-state index < -0.39 is 44.4 Å². The van der Waals surface area contributed by atoms with Crippen molar-refractivity contribution in [3.8, 4) is 0 Å². The number of fused-ring (bicyclic) bond motifs is 1. The van der Waals surface area contributed by atoms with Crippen molar-refractivity contribution in [2.24, 2.45) is 11.8 Å². The Morgan fingerprint density at radius 2 is 1.78 bits per heavy atom. The van der Waals surface area contributed by atoms with E-state index in [9.17, 15) is 31.2 Å². The third kappa shape index (κ3) is 6.05. The first-order chi connectivity index (χ1) is 17.2. The van der Waals surface area contributed by atoms with Crippen LogP contribution >= 0.6 is 0 Å². The number of benzene rings is 1. The third-order valence-electron chi connectivity index (χ3n) is 7.38. The first-order valence-electron chi connectivity index (χ1n) is 12.6. The van der Waals surface area contributed by atoms with Crippen molar-refractivity contribution in [2.45, 2.75) is 81.6 Å². The summed E-state index contributed by atoms with van der Waals surface area (Å²) < 4.78 is 72.4. The van der Waals surface area contributed by atoms with E-state index >= 15 is 0 Å². The van der Waals surface area contributed by atoms with Crippen molar-refractivity contribution in [2.75, 3.05) is 19.6 Å². The molecule has 8 nitrogen and oxygen atoms in total. The summed E-state index contributed by atoms with van der Waals surface area (Å²) in [6.45, 7) is 6.04. The molecule has 1 aliphatic carbocycles. The van der Waals surface area contributed by atoms with Gasteiger partial charge in [0.05, 0.1) is 10.5 Å². The number of piperidine rings is 1. The van der Waals surface area contributed by atoms with Gasteiger partial charge < -0.3 is 10.1 Å². The summed E-state index contributed by atoms with van der Waals surface area (Å²) in [5, 5.41) is 3.05. The fraction of sp³-hybridized carbons (Fsp3) is 0.680. The highest BCUT2D eigenvalue weighted by Gasteiger charge is 2.48. The first kappa shape index (κ1) is 27.7. The van der Waals surface area contributed by atoms with E-state index in [4.69, 9.17) is 4.74 Å². The third-order valence-corrected chi connectivity index (χ3v) is 9.21. The maximum absolute atomic E-state index is 13.3. The Morgan fingerprint density at radius 1 is 1.05 bits per heavy atom. The predicted octanol–water partition coefficient (Wildman–Crippen LogP) is 4.01. The molecule has 1 aromatic rings. The topological polar surface area (TPSA) is 96.0 Å². The van der Waals surface area contributed by atoms with Crippen LogP contribution in [0.15, 0.2) is 29.2 Å². The highest BCUT2D eigenvalue weighted by atomic mass is 32.2. The Kier molecular flexibility index (Phi) is 7.55. The molecule has 1 saturated carbocycles. The average Bonchev–Trinajstić information content (AvgIpc) is 3.40. The summed E-state index contributed by atoms with van der Waals surface area (Å²) in [6, 6.07) is 2.84. The van der Waals surface area contributed by atoms with E-state index in [0.717, 1.165) is 25.0 Å². The number of halogens is 3. The van der Waals surface area contributed by atoms with E-state index in [1.807, 2.05) is 0 Å². The van der Waals surface area contributed by atoms with Crippen LogP contribution < -0.4 is 5.32 Å². The quantitative estimate of drug-likeness (QED) is 0.617. The van der Waals surface area contributed by atoms with Crippen molar-refractivity contribution in [1.82, 2.24) is 14.5 Å². The molecule has 37 heavy (non-hydrogen) atoms. The lowest BCUT2D eigenvalue weighted by atomic mass is 9.96. The Morgan fingerprint density at radius 3 is 2.46 bits per heavy atom. The number of sulfonamides is 1. The summed E-state index contributed by atoms with van der Waals surface area (Å²) >= 11 is 0. The molecule has 0 unspecified atom stereocenters. The molecule has 3 fully saturated rings. The SMILES string of the molecule is CC(C)(C)OC(=O)N1CCCC[C@H]1C(=O)N[C@H]1CC[C@@H]2CN(S(=O)(=O)c3cccc(C(F)(F)F)c3)C[C@@H]21. The summed E-state index contributed by atoms with van der Waals surface area (Å²) in [4.78, 5) is 27.0. The molecule has 0 aromatic heterocycles. The summed E-state index contributed by atoms with van der Waals surface area (Å²) in [5.74, 6) is -0.433. The summed E-state index contributed by atoms with van der Waals surface area (Å²) in [5.41, 5.74) is -1.70. The second kappa shape index (κ2) is 10.1. The smallest absolute Gasteiger partial charge is 0.416 e. The van der Waals surface area contributed by atoms with Gasteiger partial charge in [-0.05, 0) is 82.9 Å². The molecule has 0 bridgehead atoms. The molecule has 2 saturated heterocycles. The lowest BCUT2D eigenvalue weighted by Gasteiger charge is -2.36. The van der Waals surface area contributed by atoms with Crippen LogP contribution in [0, 0.1) is 11.8 Å². The van der Waals surface area contributed by atoms with E-state index in [-0.39, 0.29) is 36.9 Å². The monoisotopic (exact) mass is 545 g/mol. The van der Waals surface area contributed by atoms with Gasteiger partial charge in [0.25, 0.3) is 0 Å². The Labute approximate surface area is 215 Å². The molecule has 2 amide bonds. The zero-order chi connectivity index (χ0) is 27.2. The van der Waals surface area contributed by atoms with E-state index in [2.05, 4.69) is 5.32 Å². The van der Waals surface area contributed by atoms with Crippen LogP contribution in [0.1, 0.15) is 58.4 Å². The normalized spacial score (nSPS) is 27.1. The number of nitrogens with zero attached hydrogens (tertiary/aromatic N) is 2. The molecular weight excluding hydrogens is 511 g/mol. The zero-order valence-corrected chi connectivity index (χ0v) is 22.1. The molecule has 2 heterocycles. The van der Waals surface area contributed by atoms with Crippen LogP contribution in [0.4, 0.5) is 18.0 Å². The van der Waals surface area contributed by atoms with Gasteiger partial charge in [0.2, 0.25) is 15.9 Å². The maximum atomic E-state index is 13.3. The summed E-state index contributed by atoms with van der Waals surface area (Å²) in [7, 11) is -4.12. The molecular formula is C25H34F3N3O5S. The van der Waals surface area contributed by atoms with Gasteiger partial charge in [-0.3, -0.25) is 9.69 Å². The molecule has 206 valence electrons. The van der Waals surface area contributed by atoms with Gasteiger partial charge in [0.15, 0.2) is 0 Å². The summed E-state index contributed by atoms with van der Waals surface area (Å²) in [6.07, 6.45) is -1.70. The lowest BCUT2D eigenvalue weighted by Crippen LogP contribution is -2.55. The number of amides is 2. The van der Waals surface area contributed by atoms with Gasteiger partial charge >= 0.3 is 12.3 Å². The van der Waals surface area contributed by atoms with E-state index in [0.29, 0.717) is 31.9 Å². The minimum atomic E-state index is -4.64. The van der Waals surface area contributed by atoms with Crippen molar-refractivity contribution in [3.05, 3.63) is 29.8 Å². The van der Waals surface area contributed by atoms with Gasteiger partial charge in [-0.2, -0.15) is 17.5 Å². The molecule has 1 N–H and O–H groups in total. The van der Waals surface area contributed by atoms with Crippen molar-refractivity contribution >= 4 is 22.0 Å². The lowest BCUT2D eigenvalue weighted by molar-refractivity contribution is -0.137. The number of alkyl halides is 3. The van der Waals surface area contributed by atoms with Crippen LogP contribution in [-0.2, 0) is 25.7 Å². The zero-order valence-electron chi connectivity index (χ0n) is 21.3. The van der Waals surface area contributed by atoms with E-state index in [1.165, 1.54) is 15.3 Å². The highest BCUT2D eigenvalue weighted by molar-refractivity contribution is 7.89. The second-order valence-corrected chi connectivity index (χ2v) is 13.1. The fourth-order valence-electron chi connectivity index (χ4n) is 5.60. The number of carbonyl (C=O) groups excluding carboxylic acids is 2. The molecule has 4 rings (SSSR count). The Hall–Kier alpha value is -2.34. The van der Waals surface area contributed by atoms with Gasteiger partial charge in [-0.1, -0.05) is 6.07 Å². The second-order valence-electron chi connectivity index (χ2n) is 11.1. The van der Waals surface area contributed by atoms with E-state index in [1.54, 1.807) is 20.8 Å². The van der Waals surface area contributed by atoms with Gasteiger partial charge in [-0.25, -0.2) is 13.2 Å². The van der Waals surface area contributed by atoms with Crippen molar-refractivity contribution < 1.29 is 35.9 Å². The van der Waals surface area contributed by atoms with Crippen LogP contribution in [0.2, 0.25) is 0 Å². The number of rotatable bonds is 4. The van der Waals surface area contributed by atoms with Crippen molar-refractivity contribution in [1.29, 1.82) is 0 Å². The maximum Gasteiger partial charge on any atom is 0.416 e. The highest BCUT2D eigenvalue weighted by Crippen LogP contribution is 2.41. The largest absolute Gasteiger partial charge is 0.444 e. The number of hydrogen-bond donors (Lipinski definition) is 1. The molecule has 4 atom stereocenters. The van der Waals surface area contributed by atoms with Gasteiger partial charge in [0.1, 0.15) is 11.6 Å². The molecule has 3 aliphatic rings. The number of likely N-dealkylation sites (tertiary alicyclic amines) is 1. The van der Waals surface area contributed by atoms with Crippen molar-refractivity contribution in [3.63, 3.8) is 0 Å². The standard InChI is InChI=1S/C25H34F3N3O5S/c1-24(2,3)36-23(33)31-12-5-4-9-21(31)22(32)29-20-11-10-16-14-30(15-19(16)20)37(34,35)18-8-6-7-17(13-18)25(26,27)28/h6-8,13,16,19-21H,4-5,9-12,14-15H2,1-3H3,(H,29,32)/t16-,19+,20+,21+/m1/s1. The van der Waals surface area contributed by atoms with Crippen LogP contribution in [0.3, 0.4) is 0 Å². The molecule has 12 heteroatoms. The minimum Gasteiger partial charge on any atom is -0.444 e. The fourth-order valence-corrected chi connectivity index (χ4v) is 7.18. The number of carbonyl (C=O) groups is 2. The molecule has 2 aliphatic heterocycles. The average molecular weight is 546 g/mol. The number of ether oxygens (including phenoxy) is 1. The van der Waals surface area contributed by atoms with Crippen LogP contribution in [-0.4, -0.2) is 66.9 Å². The molecule has 1 aromatic carbocycles. The molecule has 0 spiro atoms. The first-order valence-corrected chi connectivity index (χ1v) is 14.1. The predicted molar refractivity (Wildman–Crippen MR) is 129 cm³/mol. The Bertz CT molecular complexity index is 1140. The van der Waals surface area contributed by atoms with Gasteiger partial charge in [-0.15, -0.1) is 0 Å².